The summed E-state index contributed by atoms with van der Waals surface area (Å²) in [6.45, 7) is 4.93. The quantitative estimate of drug-likeness (QED) is 0.829. The first-order valence-corrected chi connectivity index (χ1v) is 8.86. The van der Waals surface area contributed by atoms with Crippen LogP contribution >= 0.6 is 0 Å². The lowest BCUT2D eigenvalue weighted by atomic mass is 10.1. The van der Waals surface area contributed by atoms with Crippen LogP contribution in [0.15, 0.2) is 48.5 Å². The number of anilines is 2. The third-order valence-electron chi connectivity index (χ3n) is 4.83. The zero-order valence-electron chi connectivity index (χ0n) is 15.4. The number of carbonyl (C=O) groups excluding carboxylic acids is 2. The Kier molecular flexibility index (Phi) is 5.26. The molecular weight excluding hydrogens is 328 g/mol. The summed E-state index contributed by atoms with van der Waals surface area (Å²) < 4.78 is 5.24. The van der Waals surface area contributed by atoms with Gasteiger partial charge in [0.05, 0.1) is 13.0 Å². The zero-order chi connectivity index (χ0) is 18.7. The third-order valence-corrected chi connectivity index (χ3v) is 4.83. The van der Waals surface area contributed by atoms with Crippen molar-refractivity contribution in [2.24, 2.45) is 5.92 Å². The van der Waals surface area contributed by atoms with Crippen molar-refractivity contribution in [2.75, 3.05) is 30.0 Å². The van der Waals surface area contributed by atoms with Gasteiger partial charge in [0.15, 0.2) is 0 Å². The minimum Gasteiger partial charge on any atom is -0.497 e. The monoisotopic (exact) mass is 352 g/mol. The maximum Gasteiger partial charge on any atom is 0.232 e. The molecule has 1 aliphatic heterocycles. The molecule has 136 valence electrons. The first-order chi connectivity index (χ1) is 12.5. The van der Waals surface area contributed by atoms with Gasteiger partial charge in [-0.15, -0.1) is 0 Å². The van der Waals surface area contributed by atoms with Gasteiger partial charge in [0, 0.05) is 37.0 Å². The lowest BCUT2D eigenvalue weighted by Crippen LogP contribution is -2.37. The minimum absolute atomic E-state index is 0.000506. The van der Waals surface area contributed by atoms with E-state index in [1.807, 2.05) is 62.4 Å². The van der Waals surface area contributed by atoms with Crippen LogP contribution in [0.5, 0.6) is 5.75 Å². The first kappa shape index (κ1) is 18.0. The summed E-state index contributed by atoms with van der Waals surface area (Å²) in [7, 11) is 1.60. The summed E-state index contributed by atoms with van der Waals surface area (Å²) in [6.07, 6.45) is 0.235. The second-order valence-electron chi connectivity index (χ2n) is 6.48. The van der Waals surface area contributed by atoms with Crippen molar-refractivity contribution in [1.82, 2.24) is 0 Å². The van der Waals surface area contributed by atoms with E-state index in [1.54, 1.807) is 16.9 Å². The maximum absolute atomic E-state index is 13.1. The molecule has 2 amide bonds. The van der Waals surface area contributed by atoms with Crippen LogP contribution in [-0.4, -0.2) is 32.0 Å². The number of aryl methyl sites for hydroxylation is 1. The highest BCUT2D eigenvalue weighted by Gasteiger charge is 2.37. The molecule has 5 nitrogen and oxygen atoms in total. The molecule has 1 atom stereocenters. The SMILES string of the molecule is CCN(C(=O)[C@@H]1CC(=O)N(c2cccc(OC)c2)C1)c1ccccc1C. The van der Waals surface area contributed by atoms with Gasteiger partial charge in [0.1, 0.15) is 5.75 Å². The molecule has 0 aromatic heterocycles. The van der Waals surface area contributed by atoms with Crippen LogP contribution in [-0.2, 0) is 9.59 Å². The lowest BCUT2D eigenvalue weighted by Gasteiger charge is -2.26. The van der Waals surface area contributed by atoms with Gasteiger partial charge in [-0.25, -0.2) is 0 Å². The Labute approximate surface area is 154 Å². The van der Waals surface area contributed by atoms with Gasteiger partial charge >= 0.3 is 0 Å². The molecule has 2 aromatic carbocycles. The summed E-state index contributed by atoms with van der Waals surface area (Å²) >= 11 is 0. The third kappa shape index (κ3) is 3.43. The summed E-state index contributed by atoms with van der Waals surface area (Å²) in [6, 6.07) is 15.2. The number of amides is 2. The van der Waals surface area contributed by atoms with E-state index in [4.69, 9.17) is 4.74 Å². The first-order valence-electron chi connectivity index (χ1n) is 8.86. The Bertz CT molecular complexity index is 818. The van der Waals surface area contributed by atoms with Crippen molar-refractivity contribution in [1.29, 1.82) is 0 Å². The molecule has 2 aromatic rings. The highest BCUT2D eigenvalue weighted by Crippen LogP contribution is 2.30. The molecule has 1 heterocycles. The molecule has 1 aliphatic rings. The summed E-state index contributed by atoms with van der Waals surface area (Å²) in [4.78, 5) is 29.1. The average molecular weight is 352 g/mol. The van der Waals surface area contributed by atoms with Crippen LogP contribution in [0.25, 0.3) is 0 Å². The lowest BCUT2D eigenvalue weighted by molar-refractivity contribution is -0.124. The van der Waals surface area contributed by atoms with Crippen LogP contribution in [0.1, 0.15) is 18.9 Å². The summed E-state index contributed by atoms with van der Waals surface area (Å²) in [5.74, 6) is 0.325. The van der Waals surface area contributed by atoms with Gasteiger partial charge in [-0.05, 0) is 37.6 Å². The molecule has 0 spiro atoms. The van der Waals surface area contributed by atoms with E-state index in [0.717, 1.165) is 16.9 Å². The molecular formula is C21H24N2O3. The number of nitrogens with zero attached hydrogens (tertiary/aromatic N) is 2. The second-order valence-corrected chi connectivity index (χ2v) is 6.48. The van der Waals surface area contributed by atoms with Crippen LogP contribution in [0.4, 0.5) is 11.4 Å². The highest BCUT2D eigenvalue weighted by molar-refractivity contribution is 6.04. The predicted molar refractivity (Wildman–Crippen MR) is 103 cm³/mol. The summed E-state index contributed by atoms with van der Waals surface area (Å²) in [5.41, 5.74) is 2.73. The number of carbonyl (C=O) groups is 2. The Balaban J connectivity index is 1.81. The van der Waals surface area contributed by atoms with Gasteiger partial charge < -0.3 is 14.5 Å². The maximum atomic E-state index is 13.1. The Morgan fingerprint density at radius 2 is 2.00 bits per heavy atom. The fraction of sp³-hybridized carbons (Fsp3) is 0.333. The number of methoxy groups -OCH3 is 1. The molecule has 3 rings (SSSR count). The van der Waals surface area contributed by atoms with Gasteiger partial charge in [-0.3, -0.25) is 9.59 Å². The van der Waals surface area contributed by atoms with Crippen molar-refractivity contribution >= 4 is 23.2 Å². The molecule has 1 fully saturated rings. The van der Waals surface area contributed by atoms with Gasteiger partial charge in [-0.1, -0.05) is 24.3 Å². The number of ether oxygens (including phenoxy) is 1. The second kappa shape index (κ2) is 7.60. The van der Waals surface area contributed by atoms with E-state index >= 15 is 0 Å². The molecule has 26 heavy (non-hydrogen) atoms. The minimum atomic E-state index is -0.340. The standard InChI is InChI=1S/C21H24N2O3/c1-4-22(19-11-6-5-8-15(19)2)21(25)16-12-20(24)23(14-16)17-9-7-10-18(13-17)26-3/h5-11,13,16H,4,12,14H2,1-3H3/t16-/m1/s1. The predicted octanol–water partition coefficient (Wildman–Crippen LogP) is 3.41. The number of benzene rings is 2. The molecule has 0 saturated carbocycles. The van der Waals surface area contributed by atoms with Crippen LogP contribution in [0.2, 0.25) is 0 Å². The van der Waals surface area contributed by atoms with Crippen molar-refractivity contribution in [2.45, 2.75) is 20.3 Å². The van der Waals surface area contributed by atoms with E-state index in [-0.39, 0.29) is 24.2 Å². The highest BCUT2D eigenvalue weighted by atomic mass is 16.5. The summed E-state index contributed by atoms with van der Waals surface area (Å²) in [5, 5.41) is 0. The van der Waals surface area contributed by atoms with Crippen molar-refractivity contribution in [3.63, 3.8) is 0 Å². The number of hydrogen-bond donors (Lipinski definition) is 0. The van der Waals surface area contributed by atoms with E-state index < -0.39 is 0 Å². The molecule has 0 aliphatic carbocycles. The molecule has 5 heteroatoms. The Hall–Kier alpha value is -2.82. The largest absolute Gasteiger partial charge is 0.497 e. The molecule has 0 N–H and O–H groups in total. The Morgan fingerprint density at radius 3 is 2.69 bits per heavy atom. The van der Waals surface area contributed by atoms with E-state index in [0.29, 0.717) is 18.8 Å². The fourth-order valence-corrected chi connectivity index (χ4v) is 3.43. The van der Waals surface area contributed by atoms with Crippen LogP contribution < -0.4 is 14.5 Å². The van der Waals surface area contributed by atoms with Gasteiger partial charge in [0.2, 0.25) is 11.8 Å². The van der Waals surface area contributed by atoms with E-state index in [9.17, 15) is 9.59 Å². The van der Waals surface area contributed by atoms with Crippen molar-refractivity contribution in [3.05, 3.63) is 54.1 Å². The van der Waals surface area contributed by atoms with Crippen LogP contribution in [0, 0.1) is 12.8 Å². The topological polar surface area (TPSA) is 49.9 Å². The van der Waals surface area contributed by atoms with E-state index in [2.05, 4.69) is 0 Å². The number of rotatable bonds is 5. The molecule has 0 unspecified atom stereocenters. The smallest absolute Gasteiger partial charge is 0.232 e. The fourth-order valence-electron chi connectivity index (χ4n) is 3.43. The van der Waals surface area contributed by atoms with Crippen LogP contribution in [0.3, 0.4) is 0 Å². The number of hydrogen-bond acceptors (Lipinski definition) is 3. The number of para-hydroxylation sites is 1. The van der Waals surface area contributed by atoms with Crippen molar-refractivity contribution < 1.29 is 14.3 Å². The van der Waals surface area contributed by atoms with E-state index in [1.165, 1.54) is 0 Å². The molecule has 1 saturated heterocycles. The Morgan fingerprint density at radius 1 is 1.23 bits per heavy atom. The normalized spacial score (nSPS) is 16.7. The van der Waals surface area contributed by atoms with Crippen molar-refractivity contribution in [3.8, 4) is 5.75 Å². The zero-order valence-corrected chi connectivity index (χ0v) is 15.4. The van der Waals surface area contributed by atoms with Gasteiger partial charge in [-0.2, -0.15) is 0 Å². The van der Waals surface area contributed by atoms with Gasteiger partial charge in [0.25, 0.3) is 0 Å². The molecule has 0 radical (unpaired) electrons. The molecule has 0 bridgehead atoms. The average Bonchev–Trinajstić information content (AvgIpc) is 3.05.